The van der Waals surface area contributed by atoms with Gasteiger partial charge in [-0.15, -0.1) is 0 Å². The molecule has 1 aliphatic heterocycles. The summed E-state index contributed by atoms with van der Waals surface area (Å²) in [6.45, 7) is 5.47. The third-order valence-electron chi connectivity index (χ3n) is 5.16. The first kappa shape index (κ1) is 19.4. The van der Waals surface area contributed by atoms with E-state index in [0.29, 0.717) is 42.6 Å². The van der Waals surface area contributed by atoms with E-state index in [2.05, 4.69) is 5.10 Å². The number of aryl methyl sites for hydroxylation is 1. The highest BCUT2D eigenvalue weighted by Gasteiger charge is 2.31. The number of rotatable bonds is 4. The van der Waals surface area contributed by atoms with Crippen LogP contribution < -0.4 is 5.73 Å². The van der Waals surface area contributed by atoms with E-state index >= 15 is 0 Å². The molecule has 3 rings (SSSR count). The fourth-order valence-electron chi connectivity index (χ4n) is 3.51. The Balaban J connectivity index is 1.84. The molecular weight excluding hydrogens is 357 g/mol. The number of alkyl halides is 3. The van der Waals surface area contributed by atoms with Gasteiger partial charge in [0.05, 0.1) is 23.4 Å². The van der Waals surface area contributed by atoms with Crippen LogP contribution in [0.5, 0.6) is 0 Å². The quantitative estimate of drug-likeness (QED) is 0.887. The molecule has 146 valence electrons. The molecule has 0 bridgehead atoms. The van der Waals surface area contributed by atoms with Crippen molar-refractivity contribution in [2.75, 3.05) is 19.6 Å². The van der Waals surface area contributed by atoms with Gasteiger partial charge in [-0.1, -0.05) is 6.07 Å². The molecule has 0 spiro atoms. The van der Waals surface area contributed by atoms with Crippen LogP contribution in [0.1, 0.15) is 28.9 Å². The molecule has 1 aromatic heterocycles. The zero-order chi connectivity index (χ0) is 19.8. The maximum absolute atomic E-state index is 13.0. The molecule has 8 heteroatoms. The molecule has 2 heterocycles. The van der Waals surface area contributed by atoms with E-state index in [9.17, 15) is 18.0 Å². The van der Waals surface area contributed by atoms with Crippen LogP contribution in [0.4, 0.5) is 13.2 Å². The number of likely N-dealkylation sites (tertiary alicyclic amines) is 1. The zero-order valence-corrected chi connectivity index (χ0v) is 15.4. The van der Waals surface area contributed by atoms with Crippen molar-refractivity contribution in [3.05, 3.63) is 46.8 Å². The number of halogens is 3. The third-order valence-corrected chi connectivity index (χ3v) is 5.16. The maximum Gasteiger partial charge on any atom is 0.416 e. The highest BCUT2D eigenvalue weighted by Crippen LogP contribution is 2.31. The van der Waals surface area contributed by atoms with E-state index in [4.69, 9.17) is 5.73 Å². The van der Waals surface area contributed by atoms with E-state index in [0.717, 1.165) is 24.1 Å². The molecule has 0 aliphatic carbocycles. The summed E-state index contributed by atoms with van der Waals surface area (Å²) < 4.78 is 40.4. The molecule has 0 unspecified atom stereocenters. The minimum atomic E-state index is -4.42. The molecule has 1 saturated heterocycles. The van der Waals surface area contributed by atoms with Crippen molar-refractivity contribution in [2.24, 2.45) is 11.7 Å². The summed E-state index contributed by atoms with van der Waals surface area (Å²) in [5.41, 5.74) is 7.36. The van der Waals surface area contributed by atoms with E-state index in [1.54, 1.807) is 24.8 Å². The molecule has 27 heavy (non-hydrogen) atoms. The molecule has 1 fully saturated rings. The van der Waals surface area contributed by atoms with Crippen LogP contribution in [0.25, 0.3) is 5.69 Å². The molecular formula is C19H23F3N4O. The Kier molecular flexibility index (Phi) is 5.28. The lowest BCUT2D eigenvalue weighted by Crippen LogP contribution is -2.31. The van der Waals surface area contributed by atoms with Gasteiger partial charge in [0.25, 0.3) is 0 Å². The monoisotopic (exact) mass is 380 g/mol. The van der Waals surface area contributed by atoms with Gasteiger partial charge in [0.2, 0.25) is 5.91 Å². The van der Waals surface area contributed by atoms with Crippen LogP contribution in [-0.4, -0.2) is 40.2 Å². The van der Waals surface area contributed by atoms with Gasteiger partial charge in [-0.05, 0) is 50.9 Å². The first-order valence-corrected chi connectivity index (χ1v) is 8.91. The summed E-state index contributed by atoms with van der Waals surface area (Å²) >= 11 is 0. The fourth-order valence-corrected chi connectivity index (χ4v) is 3.51. The summed E-state index contributed by atoms with van der Waals surface area (Å²) in [7, 11) is 0. The molecule has 1 atom stereocenters. The van der Waals surface area contributed by atoms with E-state index in [-0.39, 0.29) is 12.3 Å². The predicted octanol–water partition coefficient (Wildman–Crippen LogP) is 2.86. The van der Waals surface area contributed by atoms with Crippen LogP contribution in [0, 0.1) is 19.8 Å². The Hall–Kier alpha value is -2.35. The Morgan fingerprint density at radius 2 is 2.07 bits per heavy atom. The van der Waals surface area contributed by atoms with Gasteiger partial charge in [0, 0.05) is 24.3 Å². The third kappa shape index (κ3) is 4.00. The lowest BCUT2D eigenvalue weighted by Gasteiger charge is -2.16. The summed E-state index contributed by atoms with van der Waals surface area (Å²) in [5.74, 6) is 0.338. The van der Waals surface area contributed by atoms with Crippen LogP contribution in [0.2, 0.25) is 0 Å². The Bertz CT molecular complexity index is 844. The molecule has 5 nitrogen and oxygen atoms in total. The highest BCUT2D eigenvalue weighted by molar-refractivity contribution is 5.79. The predicted molar refractivity (Wildman–Crippen MR) is 95.5 cm³/mol. The van der Waals surface area contributed by atoms with Gasteiger partial charge in [-0.2, -0.15) is 18.3 Å². The van der Waals surface area contributed by atoms with Crippen molar-refractivity contribution < 1.29 is 18.0 Å². The van der Waals surface area contributed by atoms with Crippen molar-refractivity contribution in [1.82, 2.24) is 14.7 Å². The second-order valence-electron chi connectivity index (χ2n) is 7.02. The number of benzene rings is 1. The average molecular weight is 380 g/mol. The number of carbonyl (C=O) groups excluding carboxylic acids is 1. The average Bonchev–Trinajstić information content (AvgIpc) is 3.21. The largest absolute Gasteiger partial charge is 0.416 e. The van der Waals surface area contributed by atoms with Crippen LogP contribution in [0.3, 0.4) is 0 Å². The normalized spacial score (nSPS) is 17.6. The van der Waals surface area contributed by atoms with Crippen molar-refractivity contribution in [2.45, 2.75) is 32.9 Å². The Morgan fingerprint density at radius 3 is 2.70 bits per heavy atom. The lowest BCUT2D eigenvalue weighted by atomic mass is 10.1. The fraction of sp³-hybridized carbons (Fsp3) is 0.474. The summed E-state index contributed by atoms with van der Waals surface area (Å²) in [4.78, 5) is 14.4. The number of hydrogen-bond acceptors (Lipinski definition) is 3. The van der Waals surface area contributed by atoms with Crippen LogP contribution in [-0.2, 0) is 17.4 Å². The van der Waals surface area contributed by atoms with Gasteiger partial charge in [0.15, 0.2) is 0 Å². The number of aromatic nitrogens is 2. The van der Waals surface area contributed by atoms with Crippen LogP contribution in [0.15, 0.2) is 24.3 Å². The Labute approximate surface area is 155 Å². The van der Waals surface area contributed by atoms with Crippen LogP contribution >= 0.6 is 0 Å². The second-order valence-corrected chi connectivity index (χ2v) is 7.02. The molecule has 0 saturated carbocycles. The van der Waals surface area contributed by atoms with Gasteiger partial charge in [-0.25, -0.2) is 4.68 Å². The smallest absolute Gasteiger partial charge is 0.342 e. The molecule has 2 aromatic rings. The van der Waals surface area contributed by atoms with Crippen molar-refractivity contribution in [3.8, 4) is 5.69 Å². The molecule has 1 aliphatic rings. The van der Waals surface area contributed by atoms with Crippen molar-refractivity contribution in [1.29, 1.82) is 0 Å². The number of amides is 1. The van der Waals surface area contributed by atoms with E-state index in [1.165, 1.54) is 10.7 Å². The van der Waals surface area contributed by atoms with Gasteiger partial charge in [-0.3, -0.25) is 4.79 Å². The molecule has 2 N–H and O–H groups in total. The minimum Gasteiger partial charge on any atom is -0.342 e. The van der Waals surface area contributed by atoms with E-state index in [1.807, 2.05) is 0 Å². The zero-order valence-electron chi connectivity index (χ0n) is 15.4. The first-order valence-electron chi connectivity index (χ1n) is 8.91. The number of nitrogens with two attached hydrogens (primary N) is 1. The first-order chi connectivity index (χ1) is 12.7. The number of carbonyl (C=O) groups is 1. The topological polar surface area (TPSA) is 64.2 Å². The number of nitrogens with zero attached hydrogens (tertiary/aromatic N) is 3. The van der Waals surface area contributed by atoms with Crippen molar-refractivity contribution >= 4 is 5.91 Å². The standard InChI is InChI=1S/C19H23F3N4O/c1-12-17(9-18(27)25-7-6-14(10-23)11-25)13(2)26(24-12)16-5-3-4-15(8-16)19(20,21)22/h3-5,8,14H,6-7,9-11,23H2,1-2H3/t14-/m0/s1. The maximum atomic E-state index is 13.0. The second kappa shape index (κ2) is 7.34. The summed E-state index contributed by atoms with van der Waals surface area (Å²) in [5, 5.41) is 4.37. The lowest BCUT2D eigenvalue weighted by molar-refractivity contribution is -0.137. The molecule has 0 radical (unpaired) electrons. The van der Waals surface area contributed by atoms with Gasteiger partial charge < -0.3 is 10.6 Å². The minimum absolute atomic E-state index is 0.000687. The SMILES string of the molecule is Cc1nn(-c2cccc(C(F)(F)F)c2)c(C)c1CC(=O)N1CC[C@@H](CN)C1. The summed E-state index contributed by atoms with van der Waals surface area (Å²) in [6.07, 6.45) is -3.32. The van der Waals surface area contributed by atoms with Crippen molar-refractivity contribution in [3.63, 3.8) is 0 Å². The number of hydrogen-bond donors (Lipinski definition) is 1. The Morgan fingerprint density at radius 1 is 1.33 bits per heavy atom. The summed E-state index contributed by atoms with van der Waals surface area (Å²) in [6, 6.07) is 5.03. The van der Waals surface area contributed by atoms with Gasteiger partial charge in [0.1, 0.15) is 0 Å². The van der Waals surface area contributed by atoms with E-state index < -0.39 is 11.7 Å². The molecule has 1 aromatic carbocycles. The van der Waals surface area contributed by atoms with Gasteiger partial charge >= 0.3 is 6.18 Å². The highest BCUT2D eigenvalue weighted by atomic mass is 19.4. The molecule has 1 amide bonds.